The van der Waals surface area contributed by atoms with Crippen LogP contribution in [-0.4, -0.2) is 29.8 Å². The molecule has 1 aromatic carbocycles. The molecule has 7 nitrogen and oxygen atoms in total. The predicted octanol–water partition coefficient (Wildman–Crippen LogP) is 5.13. The highest BCUT2D eigenvalue weighted by molar-refractivity contribution is 5.99. The van der Waals surface area contributed by atoms with Gasteiger partial charge in [0.25, 0.3) is 0 Å². The highest BCUT2D eigenvalue weighted by Gasteiger charge is 2.32. The lowest BCUT2D eigenvalue weighted by atomic mass is 9.88. The van der Waals surface area contributed by atoms with Gasteiger partial charge in [-0.15, -0.1) is 0 Å². The van der Waals surface area contributed by atoms with Gasteiger partial charge in [0.1, 0.15) is 5.69 Å². The SMILES string of the molecule is CCCCOC(=O)N[C@H]1CCc2cc(NC(=O)Nc3ccc(C(F)(F)F)nc3)ccc2C1. The Balaban J connectivity index is 1.52. The Kier molecular flexibility index (Phi) is 7.55. The molecule has 0 aliphatic heterocycles. The fourth-order valence-corrected chi connectivity index (χ4v) is 3.40. The summed E-state index contributed by atoms with van der Waals surface area (Å²) in [5.74, 6) is 0. The summed E-state index contributed by atoms with van der Waals surface area (Å²) in [7, 11) is 0. The number of carbonyl (C=O) groups excluding carboxylic acids is 2. The van der Waals surface area contributed by atoms with Gasteiger partial charge in [0.05, 0.1) is 18.5 Å². The van der Waals surface area contributed by atoms with E-state index < -0.39 is 24.0 Å². The number of ether oxygens (including phenoxy) is 1. The summed E-state index contributed by atoms with van der Waals surface area (Å²) in [6.45, 7) is 2.43. The van der Waals surface area contributed by atoms with Crippen molar-refractivity contribution in [2.75, 3.05) is 17.2 Å². The van der Waals surface area contributed by atoms with Crippen molar-refractivity contribution in [2.24, 2.45) is 0 Å². The number of hydrogen-bond donors (Lipinski definition) is 3. The first-order valence-corrected chi connectivity index (χ1v) is 10.4. The van der Waals surface area contributed by atoms with E-state index in [2.05, 4.69) is 20.9 Å². The van der Waals surface area contributed by atoms with E-state index >= 15 is 0 Å². The summed E-state index contributed by atoms with van der Waals surface area (Å²) in [4.78, 5) is 27.3. The smallest absolute Gasteiger partial charge is 0.433 e. The average molecular weight is 450 g/mol. The van der Waals surface area contributed by atoms with Crippen LogP contribution in [0.25, 0.3) is 0 Å². The molecule has 0 fully saturated rings. The standard InChI is InChI=1S/C22H25F3N4O3/c1-2-3-10-32-21(31)29-17-7-5-14-11-16(6-4-15(14)12-17)27-20(30)28-18-8-9-19(26-13-18)22(23,24)25/h4,6,8-9,11,13,17H,2-3,5,7,10,12H2,1H3,(H,29,31)(H2,27,28,30)/t17-/m0/s1. The van der Waals surface area contributed by atoms with Crippen LogP contribution in [0.2, 0.25) is 0 Å². The van der Waals surface area contributed by atoms with Crippen molar-refractivity contribution in [1.82, 2.24) is 10.3 Å². The molecule has 0 spiro atoms. The van der Waals surface area contributed by atoms with E-state index in [0.717, 1.165) is 55.1 Å². The number of urea groups is 1. The molecular formula is C22H25F3N4O3. The van der Waals surface area contributed by atoms with Crippen molar-refractivity contribution >= 4 is 23.5 Å². The third kappa shape index (κ3) is 6.60. The van der Waals surface area contributed by atoms with Gasteiger partial charge in [-0.05, 0) is 61.1 Å². The number of alkyl halides is 3. The van der Waals surface area contributed by atoms with Crippen LogP contribution in [0, 0.1) is 0 Å². The zero-order valence-electron chi connectivity index (χ0n) is 17.6. The molecule has 0 unspecified atom stereocenters. The molecule has 3 N–H and O–H groups in total. The number of rotatable bonds is 6. The Hall–Kier alpha value is -3.30. The number of alkyl carbamates (subject to hydrolysis) is 1. The molecule has 172 valence electrons. The lowest BCUT2D eigenvalue weighted by molar-refractivity contribution is -0.141. The topological polar surface area (TPSA) is 92.4 Å². The molecule has 2 aromatic rings. The number of anilines is 2. The molecule has 3 amide bonds. The first-order chi connectivity index (χ1) is 15.2. The minimum atomic E-state index is -4.53. The number of nitrogens with zero attached hydrogens (tertiary/aromatic N) is 1. The Morgan fingerprint density at radius 1 is 1.12 bits per heavy atom. The molecule has 0 radical (unpaired) electrons. The van der Waals surface area contributed by atoms with Gasteiger partial charge in [-0.1, -0.05) is 19.4 Å². The summed E-state index contributed by atoms with van der Waals surface area (Å²) >= 11 is 0. The van der Waals surface area contributed by atoms with Crippen molar-refractivity contribution in [3.63, 3.8) is 0 Å². The van der Waals surface area contributed by atoms with E-state index in [0.29, 0.717) is 18.7 Å². The van der Waals surface area contributed by atoms with Crippen LogP contribution in [0.1, 0.15) is 43.0 Å². The second-order valence-electron chi connectivity index (χ2n) is 7.57. The van der Waals surface area contributed by atoms with Gasteiger partial charge < -0.3 is 20.7 Å². The lowest BCUT2D eigenvalue weighted by Gasteiger charge is -2.25. The number of halogens is 3. The largest absolute Gasteiger partial charge is 0.450 e. The molecule has 1 atom stereocenters. The van der Waals surface area contributed by atoms with E-state index in [4.69, 9.17) is 4.74 Å². The van der Waals surface area contributed by atoms with Gasteiger partial charge in [0.15, 0.2) is 0 Å². The quantitative estimate of drug-likeness (QED) is 0.532. The fourth-order valence-electron chi connectivity index (χ4n) is 3.40. The summed E-state index contributed by atoms with van der Waals surface area (Å²) in [6.07, 6.45) is -0.0393. The monoisotopic (exact) mass is 450 g/mol. The highest BCUT2D eigenvalue weighted by atomic mass is 19.4. The van der Waals surface area contributed by atoms with Crippen molar-refractivity contribution in [2.45, 2.75) is 51.2 Å². The Labute approximate surface area is 183 Å². The number of carbonyl (C=O) groups is 2. The number of hydrogen-bond acceptors (Lipinski definition) is 4. The number of unbranched alkanes of at least 4 members (excludes halogenated alkanes) is 1. The number of aromatic nitrogens is 1. The number of benzene rings is 1. The number of aryl methyl sites for hydroxylation is 1. The zero-order chi connectivity index (χ0) is 23.1. The number of fused-ring (bicyclic) bond motifs is 1. The molecule has 1 heterocycles. The van der Waals surface area contributed by atoms with E-state index in [1.807, 2.05) is 19.1 Å². The van der Waals surface area contributed by atoms with Crippen molar-refractivity contribution in [3.8, 4) is 0 Å². The van der Waals surface area contributed by atoms with Crippen molar-refractivity contribution < 1.29 is 27.5 Å². The zero-order valence-corrected chi connectivity index (χ0v) is 17.6. The first-order valence-electron chi connectivity index (χ1n) is 10.4. The number of amides is 3. The maximum Gasteiger partial charge on any atom is 0.433 e. The van der Waals surface area contributed by atoms with Crippen LogP contribution >= 0.6 is 0 Å². The van der Waals surface area contributed by atoms with Crippen LogP contribution in [0.5, 0.6) is 0 Å². The maximum atomic E-state index is 12.6. The second kappa shape index (κ2) is 10.3. The summed E-state index contributed by atoms with van der Waals surface area (Å²) < 4.78 is 42.8. The highest BCUT2D eigenvalue weighted by Crippen LogP contribution is 2.28. The summed E-state index contributed by atoms with van der Waals surface area (Å²) in [5, 5.41) is 8.01. The van der Waals surface area contributed by atoms with Gasteiger partial charge in [-0.2, -0.15) is 13.2 Å². The van der Waals surface area contributed by atoms with Gasteiger partial charge in [-0.25, -0.2) is 14.6 Å². The third-order valence-corrected chi connectivity index (χ3v) is 5.06. The molecular weight excluding hydrogens is 425 g/mol. The average Bonchev–Trinajstić information content (AvgIpc) is 2.73. The Morgan fingerprint density at radius 3 is 2.56 bits per heavy atom. The molecule has 0 saturated carbocycles. The number of pyridine rings is 1. The summed E-state index contributed by atoms with van der Waals surface area (Å²) in [6, 6.07) is 6.84. The number of nitrogens with one attached hydrogen (secondary N) is 3. The molecule has 3 rings (SSSR count). The molecule has 1 aromatic heterocycles. The molecule has 10 heteroatoms. The maximum absolute atomic E-state index is 12.6. The summed E-state index contributed by atoms with van der Waals surface area (Å²) in [5.41, 5.74) is 1.82. The van der Waals surface area contributed by atoms with Crippen LogP contribution in [0.3, 0.4) is 0 Å². The third-order valence-electron chi connectivity index (χ3n) is 5.06. The Bertz CT molecular complexity index is 948. The minimum absolute atomic E-state index is 0.00842. The Morgan fingerprint density at radius 2 is 1.88 bits per heavy atom. The van der Waals surface area contributed by atoms with Gasteiger partial charge in [-0.3, -0.25) is 0 Å². The fraction of sp³-hybridized carbons (Fsp3) is 0.409. The van der Waals surface area contributed by atoms with Gasteiger partial charge in [0, 0.05) is 11.7 Å². The van der Waals surface area contributed by atoms with Gasteiger partial charge >= 0.3 is 18.3 Å². The van der Waals surface area contributed by atoms with Gasteiger partial charge in [0.2, 0.25) is 0 Å². The molecule has 1 aliphatic carbocycles. The van der Waals surface area contributed by atoms with Crippen LogP contribution in [0.15, 0.2) is 36.5 Å². The van der Waals surface area contributed by atoms with E-state index in [1.54, 1.807) is 6.07 Å². The normalized spacial score (nSPS) is 15.4. The predicted molar refractivity (Wildman–Crippen MR) is 114 cm³/mol. The minimum Gasteiger partial charge on any atom is -0.450 e. The van der Waals surface area contributed by atoms with E-state index in [-0.39, 0.29) is 11.7 Å². The van der Waals surface area contributed by atoms with Crippen molar-refractivity contribution in [3.05, 3.63) is 53.3 Å². The second-order valence-corrected chi connectivity index (χ2v) is 7.57. The van der Waals surface area contributed by atoms with E-state index in [1.165, 1.54) is 0 Å². The van der Waals surface area contributed by atoms with Crippen LogP contribution in [0.4, 0.5) is 34.1 Å². The molecule has 32 heavy (non-hydrogen) atoms. The molecule has 0 saturated heterocycles. The molecule has 1 aliphatic rings. The van der Waals surface area contributed by atoms with E-state index in [9.17, 15) is 22.8 Å². The van der Waals surface area contributed by atoms with Crippen LogP contribution < -0.4 is 16.0 Å². The molecule has 0 bridgehead atoms. The van der Waals surface area contributed by atoms with Crippen molar-refractivity contribution in [1.29, 1.82) is 0 Å². The van der Waals surface area contributed by atoms with Crippen LogP contribution in [-0.2, 0) is 23.8 Å². The first kappa shape index (κ1) is 23.4. The lowest BCUT2D eigenvalue weighted by Crippen LogP contribution is -2.39.